The van der Waals surface area contributed by atoms with Crippen LogP contribution in [0, 0.1) is 0 Å². The van der Waals surface area contributed by atoms with E-state index in [1.54, 1.807) is 7.11 Å². The number of nitrogens with zero attached hydrogens (tertiary/aromatic N) is 1. The quantitative estimate of drug-likeness (QED) is 0.342. The Kier molecular flexibility index (Phi) is 12.6. The minimum absolute atomic E-state index is 0.971. The number of hydrogen-bond acceptors (Lipinski definition) is 2. The first kappa shape index (κ1) is 21.0. The van der Waals surface area contributed by atoms with E-state index in [9.17, 15) is 0 Å². The summed E-state index contributed by atoms with van der Waals surface area (Å²) in [6.07, 6.45) is 13.6. The fourth-order valence-corrected chi connectivity index (χ4v) is 3.18. The molecule has 0 aliphatic rings. The lowest BCUT2D eigenvalue weighted by Crippen LogP contribution is -2.25. The van der Waals surface area contributed by atoms with E-state index in [0.717, 1.165) is 12.3 Å². The van der Waals surface area contributed by atoms with E-state index >= 15 is 0 Å². The number of benzene rings is 1. The molecule has 0 atom stereocenters. The van der Waals surface area contributed by atoms with Crippen molar-refractivity contribution in [2.45, 2.75) is 84.6 Å². The molecule has 0 N–H and O–H groups in total. The highest BCUT2D eigenvalue weighted by Gasteiger charge is 2.07. The summed E-state index contributed by atoms with van der Waals surface area (Å²) in [7, 11) is 1.75. The van der Waals surface area contributed by atoms with Crippen molar-refractivity contribution in [3.05, 3.63) is 29.8 Å². The summed E-state index contributed by atoms with van der Waals surface area (Å²) in [6.45, 7) is 8.08. The Labute approximate surface area is 150 Å². The summed E-state index contributed by atoms with van der Waals surface area (Å²) in [5.41, 5.74) is 1.37. The molecule has 0 fully saturated rings. The van der Waals surface area contributed by atoms with Gasteiger partial charge in [0, 0.05) is 6.54 Å². The molecule has 2 heteroatoms. The van der Waals surface area contributed by atoms with E-state index in [4.69, 9.17) is 4.74 Å². The first-order valence-electron chi connectivity index (χ1n) is 10.2. The van der Waals surface area contributed by atoms with Gasteiger partial charge in [-0.25, -0.2) is 0 Å². The normalized spacial score (nSPS) is 11.2. The van der Waals surface area contributed by atoms with Gasteiger partial charge in [0.25, 0.3) is 0 Å². The third-order valence-corrected chi connectivity index (χ3v) is 4.70. The molecule has 138 valence electrons. The van der Waals surface area contributed by atoms with Crippen LogP contribution in [0.25, 0.3) is 0 Å². The maximum absolute atomic E-state index is 5.37. The van der Waals surface area contributed by atoms with Crippen LogP contribution in [0.2, 0.25) is 0 Å². The molecule has 1 aromatic carbocycles. The van der Waals surface area contributed by atoms with Crippen molar-refractivity contribution < 1.29 is 4.74 Å². The molecule has 0 bridgehead atoms. The number of methoxy groups -OCH3 is 1. The second kappa shape index (κ2) is 14.3. The number of rotatable bonds is 15. The van der Waals surface area contributed by atoms with Crippen molar-refractivity contribution in [1.29, 1.82) is 0 Å². The maximum atomic E-state index is 5.37. The van der Waals surface area contributed by atoms with Gasteiger partial charge in [-0.1, -0.05) is 77.3 Å². The number of ether oxygens (including phenoxy) is 1. The smallest absolute Gasteiger partial charge is 0.119 e. The molecule has 0 aliphatic heterocycles. The molecule has 0 radical (unpaired) electrons. The molecule has 24 heavy (non-hydrogen) atoms. The fourth-order valence-electron chi connectivity index (χ4n) is 3.18. The Hall–Kier alpha value is -1.02. The lowest BCUT2D eigenvalue weighted by atomic mass is 10.1. The van der Waals surface area contributed by atoms with E-state index in [2.05, 4.69) is 36.9 Å². The van der Waals surface area contributed by atoms with Gasteiger partial charge in [-0.15, -0.1) is 0 Å². The Morgan fingerprint density at radius 1 is 0.792 bits per heavy atom. The minimum Gasteiger partial charge on any atom is -0.497 e. The van der Waals surface area contributed by atoms with Crippen LogP contribution in [0.3, 0.4) is 0 Å². The molecular formula is C22H39NO. The zero-order valence-electron chi connectivity index (χ0n) is 16.4. The van der Waals surface area contributed by atoms with Crippen LogP contribution in [0.5, 0.6) is 5.75 Å². The van der Waals surface area contributed by atoms with Crippen molar-refractivity contribution in [2.24, 2.45) is 0 Å². The molecule has 0 amide bonds. The first-order chi connectivity index (χ1) is 11.8. The first-order valence-corrected chi connectivity index (χ1v) is 10.2. The molecule has 1 rings (SSSR count). The maximum Gasteiger partial charge on any atom is 0.119 e. The van der Waals surface area contributed by atoms with E-state index < -0.39 is 0 Å². The molecule has 0 heterocycles. The zero-order chi connectivity index (χ0) is 17.5. The Morgan fingerprint density at radius 2 is 1.38 bits per heavy atom. The van der Waals surface area contributed by atoms with Crippen molar-refractivity contribution >= 4 is 0 Å². The van der Waals surface area contributed by atoms with Crippen LogP contribution in [0.1, 0.15) is 83.6 Å². The second-order valence-electron chi connectivity index (χ2n) is 6.96. The highest BCUT2D eigenvalue weighted by atomic mass is 16.5. The average Bonchev–Trinajstić information content (AvgIpc) is 2.61. The summed E-state index contributed by atoms with van der Waals surface area (Å²) in [5, 5.41) is 0. The highest BCUT2D eigenvalue weighted by Crippen LogP contribution is 2.16. The standard InChI is InChI=1S/C22H39NO/c1-4-6-8-10-12-17-23(18-13-11-9-7-5-2)20-21-15-14-16-22(19-21)24-3/h14-16,19H,4-13,17-18,20H2,1-3H3. The van der Waals surface area contributed by atoms with Gasteiger partial charge in [0.15, 0.2) is 0 Å². The molecule has 0 aromatic heterocycles. The van der Waals surface area contributed by atoms with Crippen LogP contribution in [-0.4, -0.2) is 25.1 Å². The largest absolute Gasteiger partial charge is 0.497 e. The zero-order valence-corrected chi connectivity index (χ0v) is 16.4. The van der Waals surface area contributed by atoms with Gasteiger partial charge in [-0.3, -0.25) is 4.90 Å². The number of hydrogen-bond donors (Lipinski definition) is 0. The third kappa shape index (κ3) is 9.97. The van der Waals surface area contributed by atoms with Crippen molar-refractivity contribution in [3.8, 4) is 5.75 Å². The molecule has 0 spiro atoms. The van der Waals surface area contributed by atoms with Crippen molar-refractivity contribution in [1.82, 2.24) is 4.90 Å². The Morgan fingerprint density at radius 3 is 1.92 bits per heavy atom. The van der Waals surface area contributed by atoms with Crippen LogP contribution >= 0.6 is 0 Å². The monoisotopic (exact) mass is 333 g/mol. The minimum atomic E-state index is 0.971. The van der Waals surface area contributed by atoms with Crippen molar-refractivity contribution in [3.63, 3.8) is 0 Å². The SMILES string of the molecule is CCCCCCCN(CCCCCCC)Cc1cccc(OC)c1. The fraction of sp³-hybridized carbons (Fsp3) is 0.727. The highest BCUT2D eigenvalue weighted by molar-refractivity contribution is 5.28. The predicted molar refractivity (Wildman–Crippen MR) is 106 cm³/mol. The Bertz CT molecular complexity index is 391. The third-order valence-electron chi connectivity index (χ3n) is 4.70. The van der Waals surface area contributed by atoms with Gasteiger partial charge in [0.2, 0.25) is 0 Å². The van der Waals surface area contributed by atoms with Gasteiger partial charge < -0.3 is 4.74 Å². The average molecular weight is 334 g/mol. The summed E-state index contributed by atoms with van der Waals surface area (Å²) < 4.78 is 5.37. The van der Waals surface area contributed by atoms with Gasteiger partial charge in [0.05, 0.1) is 7.11 Å². The van der Waals surface area contributed by atoms with Crippen LogP contribution in [0.4, 0.5) is 0 Å². The molecule has 0 saturated heterocycles. The number of unbranched alkanes of at least 4 members (excludes halogenated alkanes) is 8. The Balaban J connectivity index is 2.42. The van der Waals surface area contributed by atoms with Crippen LogP contribution in [0.15, 0.2) is 24.3 Å². The van der Waals surface area contributed by atoms with Crippen LogP contribution < -0.4 is 4.74 Å². The summed E-state index contributed by atoms with van der Waals surface area (Å²) in [6, 6.07) is 8.54. The van der Waals surface area contributed by atoms with Gasteiger partial charge in [-0.2, -0.15) is 0 Å². The van der Waals surface area contributed by atoms with E-state index in [1.807, 2.05) is 6.07 Å². The summed E-state index contributed by atoms with van der Waals surface area (Å²) >= 11 is 0. The summed E-state index contributed by atoms with van der Waals surface area (Å²) in [5.74, 6) is 0.971. The second-order valence-corrected chi connectivity index (χ2v) is 6.96. The topological polar surface area (TPSA) is 12.5 Å². The summed E-state index contributed by atoms with van der Waals surface area (Å²) in [4.78, 5) is 2.65. The lowest BCUT2D eigenvalue weighted by Gasteiger charge is -2.23. The van der Waals surface area contributed by atoms with Gasteiger partial charge in [-0.05, 0) is 43.6 Å². The molecular weight excluding hydrogens is 294 g/mol. The van der Waals surface area contributed by atoms with Crippen LogP contribution in [-0.2, 0) is 6.54 Å². The molecule has 0 unspecified atom stereocenters. The molecule has 2 nitrogen and oxygen atoms in total. The van der Waals surface area contributed by atoms with E-state index in [1.165, 1.54) is 82.9 Å². The lowest BCUT2D eigenvalue weighted by molar-refractivity contribution is 0.252. The van der Waals surface area contributed by atoms with Crippen molar-refractivity contribution in [2.75, 3.05) is 20.2 Å². The van der Waals surface area contributed by atoms with Gasteiger partial charge in [0.1, 0.15) is 5.75 Å². The van der Waals surface area contributed by atoms with E-state index in [-0.39, 0.29) is 0 Å². The molecule has 0 saturated carbocycles. The van der Waals surface area contributed by atoms with Gasteiger partial charge >= 0.3 is 0 Å². The van der Waals surface area contributed by atoms with E-state index in [0.29, 0.717) is 0 Å². The molecule has 0 aliphatic carbocycles. The predicted octanol–water partition coefficient (Wildman–Crippen LogP) is 6.44. The molecule has 1 aromatic rings.